The lowest BCUT2D eigenvalue weighted by molar-refractivity contribution is -0.121. The molecule has 0 saturated carbocycles. The summed E-state index contributed by atoms with van der Waals surface area (Å²) in [5.41, 5.74) is 1.56. The average Bonchev–Trinajstić information content (AvgIpc) is 3.03. The third-order valence-electron chi connectivity index (χ3n) is 4.50. The number of hydrogen-bond acceptors (Lipinski definition) is 4. The number of amides is 3. The first-order valence-corrected chi connectivity index (χ1v) is 8.49. The monoisotopic (exact) mass is 353 g/mol. The lowest BCUT2D eigenvalue weighted by atomic mass is 10.0. The van der Waals surface area contributed by atoms with Gasteiger partial charge in [0.2, 0.25) is 12.7 Å². The standard InChI is InChI=1S/C19H19N3O4/c23-18-11-15(13-4-2-1-3-5-13)22(9-8-20-18)19(24)21-14-6-7-16-17(10-14)26-12-25-16/h1-7,10,15H,8-9,11-12H2,(H,20,23)(H,21,24)/t15-/m0/s1. The number of fused-ring (bicyclic) bond motifs is 1. The van der Waals surface area contributed by atoms with Gasteiger partial charge in [0, 0.05) is 24.8 Å². The molecular weight excluding hydrogens is 334 g/mol. The fraction of sp³-hybridized carbons (Fsp3) is 0.263. The Morgan fingerprint density at radius 2 is 1.92 bits per heavy atom. The average molecular weight is 353 g/mol. The maximum atomic E-state index is 12.9. The van der Waals surface area contributed by atoms with E-state index in [1.165, 1.54) is 0 Å². The van der Waals surface area contributed by atoms with E-state index in [2.05, 4.69) is 10.6 Å². The number of anilines is 1. The molecule has 7 heteroatoms. The first kappa shape index (κ1) is 16.3. The summed E-state index contributed by atoms with van der Waals surface area (Å²) in [6.45, 7) is 1.04. The van der Waals surface area contributed by atoms with E-state index in [1.54, 1.807) is 23.1 Å². The molecule has 0 aliphatic carbocycles. The van der Waals surface area contributed by atoms with Gasteiger partial charge in [0.05, 0.1) is 12.5 Å². The van der Waals surface area contributed by atoms with Gasteiger partial charge in [-0.05, 0) is 17.7 Å². The molecule has 3 amide bonds. The number of hydrogen-bond donors (Lipinski definition) is 2. The quantitative estimate of drug-likeness (QED) is 0.869. The van der Waals surface area contributed by atoms with Crippen molar-refractivity contribution in [2.24, 2.45) is 0 Å². The molecule has 134 valence electrons. The minimum Gasteiger partial charge on any atom is -0.454 e. The highest BCUT2D eigenvalue weighted by Crippen LogP contribution is 2.34. The summed E-state index contributed by atoms with van der Waals surface area (Å²) in [5, 5.41) is 5.73. The van der Waals surface area contributed by atoms with E-state index in [1.807, 2.05) is 30.3 Å². The second-order valence-electron chi connectivity index (χ2n) is 6.17. The first-order valence-electron chi connectivity index (χ1n) is 8.49. The fourth-order valence-corrected chi connectivity index (χ4v) is 3.22. The lowest BCUT2D eigenvalue weighted by Gasteiger charge is -2.29. The third kappa shape index (κ3) is 3.28. The minimum atomic E-state index is -0.312. The van der Waals surface area contributed by atoms with Crippen LogP contribution in [-0.2, 0) is 4.79 Å². The van der Waals surface area contributed by atoms with Crippen molar-refractivity contribution in [3.05, 3.63) is 54.1 Å². The number of benzene rings is 2. The van der Waals surface area contributed by atoms with Crippen molar-refractivity contribution in [3.63, 3.8) is 0 Å². The third-order valence-corrected chi connectivity index (χ3v) is 4.50. The van der Waals surface area contributed by atoms with Crippen LogP contribution in [0.4, 0.5) is 10.5 Å². The minimum absolute atomic E-state index is 0.0581. The van der Waals surface area contributed by atoms with Crippen molar-refractivity contribution in [1.82, 2.24) is 10.2 Å². The van der Waals surface area contributed by atoms with Crippen molar-refractivity contribution >= 4 is 17.6 Å². The van der Waals surface area contributed by atoms with Crippen LogP contribution in [0.1, 0.15) is 18.0 Å². The van der Waals surface area contributed by atoms with Crippen LogP contribution in [-0.4, -0.2) is 36.7 Å². The summed E-state index contributed by atoms with van der Waals surface area (Å²) in [7, 11) is 0. The Kier molecular flexibility index (Phi) is 4.35. The Hall–Kier alpha value is -3.22. The van der Waals surface area contributed by atoms with Crippen LogP contribution in [0.3, 0.4) is 0 Å². The molecule has 2 aromatic rings. The van der Waals surface area contributed by atoms with Gasteiger partial charge >= 0.3 is 6.03 Å². The maximum absolute atomic E-state index is 12.9. The van der Waals surface area contributed by atoms with Crippen LogP contribution in [0.5, 0.6) is 11.5 Å². The molecule has 0 bridgehead atoms. The molecule has 2 aromatic carbocycles. The van der Waals surface area contributed by atoms with Gasteiger partial charge < -0.3 is 25.0 Å². The zero-order valence-electron chi connectivity index (χ0n) is 14.1. The Labute approximate surface area is 150 Å². The lowest BCUT2D eigenvalue weighted by Crippen LogP contribution is -2.39. The summed E-state index contributed by atoms with van der Waals surface area (Å²) < 4.78 is 10.6. The smallest absolute Gasteiger partial charge is 0.322 e. The van der Waals surface area contributed by atoms with Crippen molar-refractivity contribution in [2.45, 2.75) is 12.5 Å². The number of ether oxygens (including phenoxy) is 2. The molecule has 7 nitrogen and oxygen atoms in total. The fourth-order valence-electron chi connectivity index (χ4n) is 3.22. The molecule has 0 spiro atoms. The molecule has 0 unspecified atom stereocenters. The largest absolute Gasteiger partial charge is 0.454 e. The highest BCUT2D eigenvalue weighted by molar-refractivity contribution is 5.91. The van der Waals surface area contributed by atoms with Gasteiger partial charge in [-0.15, -0.1) is 0 Å². The zero-order chi connectivity index (χ0) is 17.9. The summed E-state index contributed by atoms with van der Waals surface area (Å²) in [5.74, 6) is 1.21. The highest BCUT2D eigenvalue weighted by atomic mass is 16.7. The molecule has 26 heavy (non-hydrogen) atoms. The summed E-state index contributed by atoms with van der Waals surface area (Å²) >= 11 is 0. The van der Waals surface area contributed by atoms with E-state index in [4.69, 9.17) is 9.47 Å². The molecular formula is C19H19N3O4. The van der Waals surface area contributed by atoms with Crippen LogP contribution in [0.25, 0.3) is 0 Å². The number of carbonyl (C=O) groups excluding carboxylic acids is 2. The molecule has 2 aliphatic rings. The van der Waals surface area contributed by atoms with E-state index in [0.29, 0.717) is 30.3 Å². The predicted molar refractivity (Wildman–Crippen MR) is 95.1 cm³/mol. The molecule has 1 atom stereocenters. The van der Waals surface area contributed by atoms with Crippen LogP contribution >= 0.6 is 0 Å². The Morgan fingerprint density at radius 1 is 1.12 bits per heavy atom. The Bertz CT molecular complexity index is 825. The van der Waals surface area contributed by atoms with E-state index < -0.39 is 0 Å². The van der Waals surface area contributed by atoms with Crippen LogP contribution in [0.15, 0.2) is 48.5 Å². The Balaban J connectivity index is 1.56. The first-order chi connectivity index (χ1) is 12.7. The van der Waals surface area contributed by atoms with Gasteiger partial charge in [0.25, 0.3) is 0 Å². The Morgan fingerprint density at radius 3 is 2.77 bits per heavy atom. The van der Waals surface area contributed by atoms with Gasteiger partial charge in [0.15, 0.2) is 11.5 Å². The molecule has 0 aromatic heterocycles. The summed E-state index contributed by atoms with van der Waals surface area (Å²) in [6, 6.07) is 14.3. The van der Waals surface area contributed by atoms with Gasteiger partial charge in [-0.3, -0.25) is 4.79 Å². The molecule has 2 aliphatic heterocycles. The van der Waals surface area contributed by atoms with Crippen molar-refractivity contribution in [2.75, 3.05) is 25.2 Å². The van der Waals surface area contributed by atoms with Crippen LogP contribution in [0.2, 0.25) is 0 Å². The topological polar surface area (TPSA) is 79.9 Å². The number of nitrogens with zero attached hydrogens (tertiary/aromatic N) is 1. The van der Waals surface area contributed by atoms with Gasteiger partial charge in [0.1, 0.15) is 0 Å². The number of rotatable bonds is 2. The highest BCUT2D eigenvalue weighted by Gasteiger charge is 2.30. The second-order valence-corrected chi connectivity index (χ2v) is 6.17. The van der Waals surface area contributed by atoms with E-state index >= 15 is 0 Å². The number of nitrogens with one attached hydrogen (secondary N) is 2. The molecule has 2 N–H and O–H groups in total. The van der Waals surface area contributed by atoms with Gasteiger partial charge in [-0.1, -0.05) is 30.3 Å². The second kappa shape index (κ2) is 6.95. The zero-order valence-corrected chi connectivity index (χ0v) is 14.1. The molecule has 1 fully saturated rings. The molecule has 2 heterocycles. The van der Waals surface area contributed by atoms with Crippen molar-refractivity contribution in [3.8, 4) is 11.5 Å². The van der Waals surface area contributed by atoms with Crippen molar-refractivity contribution in [1.29, 1.82) is 0 Å². The van der Waals surface area contributed by atoms with E-state index in [0.717, 1.165) is 5.56 Å². The van der Waals surface area contributed by atoms with Gasteiger partial charge in [-0.25, -0.2) is 4.79 Å². The normalized spacial score (nSPS) is 18.8. The van der Waals surface area contributed by atoms with E-state index in [9.17, 15) is 9.59 Å². The molecule has 4 rings (SSSR count). The summed E-state index contributed by atoms with van der Waals surface area (Å²) in [6.07, 6.45) is 0.235. The SMILES string of the molecule is O=C1C[C@@H](c2ccccc2)N(C(=O)Nc2ccc3c(c2)OCO3)CCN1. The predicted octanol–water partition coefficient (Wildman–Crippen LogP) is 2.51. The van der Waals surface area contributed by atoms with Gasteiger partial charge in [-0.2, -0.15) is 0 Å². The number of carbonyl (C=O) groups is 2. The molecule has 1 saturated heterocycles. The maximum Gasteiger partial charge on any atom is 0.322 e. The van der Waals surface area contributed by atoms with Crippen LogP contribution in [0, 0.1) is 0 Å². The van der Waals surface area contributed by atoms with E-state index in [-0.39, 0.29) is 31.2 Å². The molecule has 0 radical (unpaired) electrons. The summed E-state index contributed by atoms with van der Waals surface area (Å²) in [4.78, 5) is 26.6. The van der Waals surface area contributed by atoms with Crippen molar-refractivity contribution < 1.29 is 19.1 Å². The van der Waals surface area contributed by atoms with Crippen LogP contribution < -0.4 is 20.1 Å². The number of urea groups is 1.